The number of rotatable bonds is 6. The van der Waals surface area contributed by atoms with Gasteiger partial charge in [0.25, 0.3) is 0 Å². The van der Waals surface area contributed by atoms with Crippen LogP contribution in [0.25, 0.3) is 0 Å². The highest BCUT2D eigenvalue weighted by molar-refractivity contribution is 6.31. The van der Waals surface area contributed by atoms with Gasteiger partial charge in [-0.1, -0.05) is 42.8 Å². The van der Waals surface area contributed by atoms with Gasteiger partial charge >= 0.3 is 0 Å². The summed E-state index contributed by atoms with van der Waals surface area (Å²) in [5.74, 6) is 0.446. The molecule has 0 heterocycles. The standard InChI is InChI=1S/C17H19ClFNO/c1-3-20-10-13-7-4-6-12(2)17(13)21-11-14-15(18)8-5-9-16(14)19/h4-9,20H,3,10-11H2,1-2H3. The number of hydrogen-bond acceptors (Lipinski definition) is 2. The minimum absolute atomic E-state index is 0.121. The number of ether oxygens (including phenoxy) is 1. The van der Waals surface area contributed by atoms with E-state index in [4.69, 9.17) is 16.3 Å². The molecule has 4 heteroatoms. The van der Waals surface area contributed by atoms with E-state index in [9.17, 15) is 4.39 Å². The van der Waals surface area contributed by atoms with Crippen molar-refractivity contribution in [2.45, 2.75) is 27.0 Å². The van der Waals surface area contributed by atoms with E-state index >= 15 is 0 Å². The Kier molecular flexibility index (Phi) is 5.59. The van der Waals surface area contributed by atoms with Crippen molar-refractivity contribution in [3.8, 4) is 5.75 Å². The predicted octanol–water partition coefficient (Wildman–Crippen LogP) is 4.48. The van der Waals surface area contributed by atoms with E-state index in [0.717, 1.165) is 30.0 Å². The lowest BCUT2D eigenvalue weighted by Crippen LogP contribution is -2.13. The van der Waals surface area contributed by atoms with Crippen LogP contribution in [-0.4, -0.2) is 6.54 Å². The lowest BCUT2D eigenvalue weighted by molar-refractivity contribution is 0.294. The molecule has 0 atom stereocenters. The van der Waals surface area contributed by atoms with Crippen LogP contribution in [0, 0.1) is 12.7 Å². The van der Waals surface area contributed by atoms with Gasteiger partial charge in [0.1, 0.15) is 18.2 Å². The zero-order valence-corrected chi connectivity index (χ0v) is 13.0. The number of hydrogen-bond donors (Lipinski definition) is 1. The van der Waals surface area contributed by atoms with E-state index < -0.39 is 0 Å². The number of nitrogens with one attached hydrogen (secondary N) is 1. The molecule has 0 aliphatic carbocycles. The van der Waals surface area contributed by atoms with E-state index in [0.29, 0.717) is 10.6 Å². The van der Waals surface area contributed by atoms with Crippen molar-refractivity contribution in [3.05, 3.63) is 63.9 Å². The Labute approximate surface area is 129 Å². The molecule has 0 aliphatic rings. The normalized spacial score (nSPS) is 10.7. The summed E-state index contributed by atoms with van der Waals surface area (Å²) < 4.78 is 19.6. The van der Waals surface area contributed by atoms with Gasteiger partial charge in [-0.05, 0) is 31.2 Å². The van der Waals surface area contributed by atoms with Gasteiger partial charge < -0.3 is 10.1 Å². The van der Waals surface area contributed by atoms with Crippen LogP contribution in [0.3, 0.4) is 0 Å². The Morgan fingerprint density at radius 1 is 1.19 bits per heavy atom. The van der Waals surface area contributed by atoms with Crippen LogP contribution in [-0.2, 0) is 13.2 Å². The molecule has 0 bridgehead atoms. The van der Waals surface area contributed by atoms with Gasteiger partial charge in [-0.3, -0.25) is 0 Å². The number of aryl methyl sites for hydroxylation is 1. The molecular formula is C17H19ClFNO. The molecule has 0 unspecified atom stereocenters. The smallest absolute Gasteiger partial charge is 0.131 e. The van der Waals surface area contributed by atoms with Gasteiger partial charge in [0, 0.05) is 17.7 Å². The van der Waals surface area contributed by atoms with Crippen molar-refractivity contribution >= 4 is 11.6 Å². The molecule has 0 spiro atoms. The van der Waals surface area contributed by atoms with Gasteiger partial charge in [0.2, 0.25) is 0 Å². The largest absolute Gasteiger partial charge is 0.488 e. The van der Waals surface area contributed by atoms with E-state index in [1.54, 1.807) is 12.1 Å². The third-order valence-electron chi connectivity index (χ3n) is 3.28. The minimum atomic E-state index is -0.343. The predicted molar refractivity (Wildman–Crippen MR) is 84.3 cm³/mol. The summed E-state index contributed by atoms with van der Waals surface area (Å²) in [6, 6.07) is 10.6. The lowest BCUT2D eigenvalue weighted by Gasteiger charge is -2.15. The van der Waals surface area contributed by atoms with Crippen molar-refractivity contribution in [2.75, 3.05) is 6.54 Å². The molecule has 0 saturated carbocycles. The molecule has 112 valence electrons. The lowest BCUT2D eigenvalue weighted by atomic mass is 10.1. The summed E-state index contributed by atoms with van der Waals surface area (Å²) >= 11 is 6.03. The van der Waals surface area contributed by atoms with Gasteiger partial charge in [0.15, 0.2) is 0 Å². The molecule has 21 heavy (non-hydrogen) atoms. The van der Waals surface area contributed by atoms with Gasteiger partial charge in [-0.15, -0.1) is 0 Å². The molecule has 2 nitrogen and oxygen atoms in total. The Hall–Kier alpha value is -1.58. The molecule has 2 aromatic rings. The Morgan fingerprint density at radius 2 is 1.95 bits per heavy atom. The first-order valence-corrected chi connectivity index (χ1v) is 7.36. The summed E-state index contributed by atoms with van der Waals surface area (Å²) in [6.07, 6.45) is 0. The molecule has 0 aromatic heterocycles. The molecule has 2 aromatic carbocycles. The van der Waals surface area contributed by atoms with Gasteiger partial charge in [-0.2, -0.15) is 0 Å². The summed E-state index contributed by atoms with van der Waals surface area (Å²) in [7, 11) is 0. The third-order valence-corrected chi connectivity index (χ3v) is 3.64. The van der Waals surface area contributed by atoms with E-state index in [1.165, 1.54) is 6.07 Å². The van der Waals surface area contributed by atoms with Crippen LogP contribution in [0.5, 0.6) is 5.75 Å². The highest BCUT2D eigenvalue weighted by Crippen LogP contribution is 2.26. The van der Waals surface area contributed by atoms with Crippen LogP contribution in [0.1, 0.15) is 23.6 Å². The maximum Gasteiger partial charge on any atom is 0.131 e. The van der Waals surface area contributed by atoms with E-state index in [-0.39, 0.29) is 12.4 Å². The average molecular weight is 308 g/mol. The maximum absolute atomic E-state index is 13.8. The van der Waals surface area contributed by atoms with Crippen LogP contribution in [0.4, 0.5) is 4.39 Å². The minimum Gasteiger partial charge on any atom is -0.488 e. The van der Waals surface area contributed by atoms with Crippen molar-refractivity contribution in [3.63, 3.8) is 0 Å². The highest BCUT2D eigenvalue weighted by atomic mass is 35.5. The van der Waals surface area contributed by atoms with Crippen molar-refractivity contribution in [1.29, 1.82) is 0 Å². The van der Waals surface area contributed by atoms with Crippen LogP contribution >= 0.6 is 11.6 Å². The van der Waals surface area contributed by atoms with Crippen molar-refractivity contribution in [1.82, 2.24) is 5.32 Å². The molecule has 0 radical (unpaired) electrons. The first-order valence-electron chi connectivity index (χ1n) is 6.98. The Balaban J connectivity index is 2.19. The SMILES string of the molecule is CCNCc1cccc(C)c1OCc1c(F)cccc1Cl. The molecule has 0 aliphatic heterocycles. The summed E-state index contributed by atoms with van der Waals surface area (Å²) in [4.78, 5) is 0. The Bertz CT molecular complexity index is 595. The average Bonchev–Trinajstić information content (AvgIpc) is 2.46. The van der Waals surface area contributed by atoms with Crippen LogP contribution in [0.2, 0.25) is 5.02 Å². The third kappa shape index (κ3) is 3.96. The fourth-order valence-corrected chi connectivity index (χ4v) is 2.35. The molecule has 0 amide bonds. The second-order valence-corrected chi connectivity index (χ2v) is 5.24. The number of halogens is 2. The summed E-state index contributed by atoms with van der Waals surface area (Å²) in [5.41, 5.74) is 2.47. The zero-order chi connectivity index (χ0) is 15.2. The number of para-hydroxylation sites is 1. The maximum atomic E-state index is 13.8. The molecule has 1 N–H and O–H groups in total. The molecular weight excluding hydrogens is 289 g/mol. The number of benzene rings is 2. The summed E-state index contributed by atoms with van der Waals surface area (Å²) in [6.45, 7) is 5.75. The first kappa shape index (κ1) is 15.8. The van der Waals surface area contributed by atoms with Gasteiger partial charge in [0.05, 0.1) is 5.02 Å². The topological polar surface area (TPSA) is 21.3 Å². The Morgan fingerprint density at radius 3 is 2.67 bits per heavy atom. The highest BCUT2D eigenvalue weighted by Gasteiger charge is 2.11. The van der Waals surface area contributed by atoms with Crippen molar-refractivity contribution in [2.24, 2.45) is 0 Å². The fraction of sp³-hybridized carbons (Fsp3) is 0.294. The monoisotopic (exact) mass is 307 g/mol. The fourth-order valence-electron chi connectivity index (χ4n) is 2.13. The second-order valence-electron chi connectivity index (χ2n) is 4.83. The first-order chi connectivity index (χ1) is 10.1. The molecule has 2 rings (SSSR count). The molecule has 0 saturated heterocycles. The quantitative estimate of drug-likeness (QED) is 0.850. The second kappa shape index (κ2) is 7.43. The van der Waals surface area contributed by atoms with Gasteiger partial charge in [-0.25, -0.2) is 4.39 Å². The zero-order valence-electron chi connectivity index (χ0n) is 12.2. The van der Waals surface area contributed by atoms with Crippen LogP contribution < -0.4 is 10.1 Å². The van der Waals surface area contributed by atoms with Crippen LogP contribution in [0.15, 0.2) is 36.4 Å². The molecule has 0 fully saturated rings. The van der Waals surface area contributed by atoms with Crippen molar-refractivity contribution < 1.29 is 9.13 Å². The van der Waals surface area contributed by atoms with E-state index in [2.05, 4.69) is 12.2 Å². The van der Waals surface area contributed by atoms with E-state index in [1.807, 2.05) is 25.1 Å². The summed E-state index contributed by atoms with van der Waals surface area (Å²) in [5, 5.41) is 3.66.